The van der Waals surface area contributed by atoms with Crippen molar-refractivity contribution in [2.45, 2.75) is 65.8 Å². The van der Waals surface area contributed by atoms with Crippen LogP contribution in [0, 0.1) is 10.8 Å². The molecule has 0 bridgehead atoms. The van der Waals surface area contributed by atoms with Gasteiger partial charge in [-0.1, -0.05) is 27.7 Å². The van der Waals surface area contributed by atoms with Crippen LogP contribution in [-0.4, -0.2) is 26.8 Å². The summed E-state index contributed by atoms with van der Waals surface area (Å²) in [7, 11) is -3.16. The first-order valence-corrected chi connectivity index (χ1v) is 8.91. The Hall–Kier alpha value is -0.130. The number of nitrogens with two attached hydrogens (primary N) is 1. The Labute approximate surface area is 118 Å². The summed E-state index contributed by atoms with van der Waals surface area (Å²) in [5.41, 5.74) is 5.80. The maximum atomic E-state index is 12.0. The monoisotopic (exact) mass is 290 g/mol. The molecule has 0 heterocycles. The van der Waals surface area contributed by atoms with Crippen molar-refractivity contribution in [2.24, 2.45) is 16.6 Å². The fourth-order valence-electron chi connectivity index (χ4n) is 3.68. The largest absolute Gasteiger partial charge is 0.330 e. The number of sulfonamides is 1. The smallest absolute Gasteiger partial charge is 0.211 e. The third-order valence-corrected chi connectivity index (χ3v) is 5.29. The molecule has 114 valence electrons. The van der Waals surface area contributed by atoms with Crippen molar-refractivity contribution in [1.82, 2.24) is 4.72 Å². The highest BCUT2D eigenvalue weighted by Gasteiger charge is 2.39. The van der Waals surface area contributed by atoms with Crippen LogP contribution in [0.1, 0.15) is 59.8 Å². The van der Waals surface area contributed by atoms with Crippen LogP contribution in [0.4, 0.5) is 0 Å². The summed E-state index contributed by atoms with van der Waals surface area (Å²) in [5.74, 6) is 0.196. The Morgan fingerprint density at radius 3 is 2.11 bits per heavy atom. The highest BCUT2D eigenvalue weighted by molar-refractivity contribution is 7.89. The average Bonchev–Trinajstić information content (AvgIpc) is 2.10. The number of hydrogen-bond donors (Lipinski definition) is 2. The second-order valence-electron chi connectivity index (χ2n) is 7.54. The van der Waals surface area contributed by atoms with E-state index < -0.39 is 10.0 Å². The second-order valence-corrected chi connectivity index (χ2v) is 9.42. The molecule has 0 atom stereocenters. The van der Waals surface area contributed by atoms with Gasteiger partial charge in [0, 0.05) is 6.04 Å². The summed E-state index contributed by atoms with van der Waals surface area (Å²) in [4.78, 5) is 0. The van der Waals surface area contributed by atoms with Gasteiger partial charge in [0.1, 0.15) is 0 Å². The van der Waals surface area contributed by atoms with E-state index in [-0.39, 0.29) is 22.6 Å². The van der Waals surface area contributed by atoms with Gasteiger partial charge in [0.25, 0.3) is 0 Å². The molecule has 0 radical (unpaired) electrons. The van der Waals surface area contributed by atoms with Crippen molar-refractivity contribution < 1.29 is 8.42 Å². The van der Waals surface area contributed by atoms with Crippen LogP contribution in [0.2, 0.25) is 0 Å². The molecule has 1 rings (SSSR count). The molecule has 0 saturated heterocycles. The minimum Gasteiger partial charge on any atom is -0.330 e. The summed E-state index contributed by atoms with van der Waals surface area (Å²) < 4.78 is 27.0. The van der Waals surface area contributed by atoms with E-state index in [1.807, 2.05) is 0 Å². The van der Waals surface area contributed by atoms with Crippen LogP contribution >= 0.6 is 0 Å². The van der Waals surface area contributed by atoms with Crippen molar-refractivity contribution in [3.05, 3.63) is 0 Å². The summed E-state index contributed by atoms with van der Waals surface area (Å²) >= 11 is 0. The number of nitrogens with one attached hydrogen (secondary N) is 1. The minimum absolute atomic E-state index is 0.0710. The Morgan fingerprint density at radius 2 is 1.63 bits per heavy atom. The van der Waals surface area contributed by atoms with Gasteiger partial charge in [-0.25, -0.2) is 13.1 Å². The lowest BCUT2D eigenvalue weighted by Crippen LogP contribution is -2.46. The zero-order valence-corrected chi connectivity index (χ0v) is 13.6. The van der Waals surface area contributed by atoms with E-state index in [9.17, 15) is 8.42 Å². The van der Waals surface area contributed by atoms with Gasteiger partial charge in [-0.15, -0.1) is 0 Å². The fraction of sp³-hybridized carbons (Fsp3) is 1.00. The van der Waals surface area contributed by atoms with Crippen LogP contribution in [0.5, 0.6) is 0 Å². The highest BCUT2D eigenvalue weighted by Crippen LogP contribution is 2.45. The van der Waals surface area contributed by atoms with Gasteiger partial charge in [-0.2, -0.15) is 0 Å². The van der Waals surface area contributed by atoms with Gasteiger partial charge >= 0.3 is 0 Å². The molecule has 0 aromatic rings. The topological polar surface area (TPSA) is 72.2 Å². The van der Waals surface area contributed by atoms with E-state index in [1.54, 1.807) is 0 Å². The van der Waals surface area contributed by atoms with Gasteiger partial charge in [0.15, 0.2) is 0 Å². The van der Waals surface area contributed by atoms with E-state index in [0.717, 1.165) is 25.7 Å². The predicted molar refractivity (Wildman–Crippen MR) is 80.4 cm³/mol. The van der Waals surface area contributed by atoms with Crippen molar-refractivity contribution in [2.75, 3.05) is 12.3 Å². The molecular weight excluding hydrogens is 260 g/mol. The molecule has 0 aliphatic heterocycles. The lowest BCUT2D eigenvalue weighted by Gasteiger charge is -2.45. The standard InChI is InChI=1S/C14H30N2O2S/c1-13(2)9-12(10-14(3,4)11-13)16-19(17,18)8-6-5-7-15/h12,16H,5-11,15H2,1-4H3. The molecule has 1 saturated carbocycles. The molecule has 19 heavy (non-hydrogen) atoms. The second kappa shape index (κ2) is 6.10. The zero-order chi connectivity index (χ0) is 14.7. The van der Waals surface area contributed by atoms with Gasteiger partial charge in [0.05, 0.1) is 5.75 Å². The molecule has 0 aromatic heterocycles. The van der Waals surface area contributed by atoms with Crippen LogP contribution in [-0.2, 0) is 10.0 Å². The number of hydrogen-bond acceptors (Lipinski definition) is 3. The SMILES string of the molecule is CC1(C)CC(NS(=O)(=O)CCCCN)CC(C)(C)C1. The minimum atomic E-state index is -3.16. The van der Waals surface area contributed by atoms with Crippen molar-refractivity contribution in [3.8, 4) is 0 Å². The third-order valence-electron chi connectivity index (χ3n) is 3.77. The average molecular weight is 290 g/mol. The first-order valence-electron chi connectivity index (χ1n) is 7.25. The van der Waals surface area contributed by atoms with Crippen molar-refractivity contribution in [1.29, 1.82) is 0 Å². The molecule has 1 aliphatic rings. The van der Waals surface area contributed by atoms with E-state index >= 15 is 0 Å². The van der Waals surface area contributed by atoms with Crippen LogP contribution in [0.3, 0.4) is 0 Å². The maximum Gasteiger partial charge on any atom is 0.211 e. The first-order chi connectivity index (χ1) is 8.55. The predicted octanol–water partition coefficient (Wildman–Crippen LogP) is 2.25. The molecule has 5 heteroatoms. The third kappa shape index (κ3) is 6.23. The van der Waals surface area contributed by atoms with Gasteiger partial charge < -0.3 is 5.73 Å². The summed E-state index contributed by atoms with van der Waals surface area (Å²) in [6, 6.07) is 0.0710. The van der Waals surface area contributed by atoms with E-state index in [0.29, 0.717) is 13.0 Å². The van der Waals surface area contributed by atoms with Crippen LogP contribution in [0.15, 0.2) is 0 Å². The number of rotatable bonds is 6. The first kappa shape index (κ1) is 16.9. The number of unbranched alkanes of at least 4 members (excludes halogenated alkanes) is 1. The molecule has 0 spiro atoms. The zero-order valence-electron chi connectivity index (χ0n) is 12.8. The summed E-state index contributed by atoms with van der Waals surface area (Å²) in [6.45, 7) is 9.46. The molecule has 0 unspecified atom stereocenters. The lowest BCUT2D eigenvalue weighted by molar-refractivity contribution is 0.0934. The highest BCUT2D eigenvalue weighted by atomic mass is 32.2. The molecule has 0 amide bonds. The lowest BCUT2D eigenvalue weighted by atomic mass is 9.64. The molecule has 1 aliphatic carbocycles. The van der Waals surface area contributed by atoms with E-state index in [1.165, 1.54) is 0 Å². The molecule has 3 N–H and O–H groups in total. The van der Waals surface area contributed by atoms with E-state index in [4.69, 9.17) is 5.73 Å². The van der Waals surface area contributed by atoms with Crippen molar-refractivity contribution in [3.63, 3.8) is 0 Å². The Morgan fingerprint density at radius 1 is 1.11 bits per heavy atom. The maximum absolute atomic E-state index is 12.0. The molecule has 4 nitrogen and oxygen atoms in total. The normalized spacial score (nSPS) is 23.4. The molecule has 1 fully saturated rings. The van der Waals surface area contributed by atoms with Crippen LogP contribution < -0.4 is 10.5 Å². The summed E-state index contributed by atoms with van der Waals surface area (Å²) in [6.07, 6.45) is 4.40. The fourth-order valence-corrected chi connectivity index (χ4v) is 5.06. The Kier molecular flexibility index (Phi) is 5.43. The van der Waals surface area contributed by atoms with Gasteiger partial charge in [-0.3, -0.25) is 0 Å². The van der Waals surface area contributed by atoms with Gasteiger partial charge in [-0.05, 0) is 49.5 Å². The van der Waals surface area contributed by atoms with E-state index in [2.05, 4.69) is 32.4 Å². The Balaban J connectivity index is 2.60. The quantitative estimate of drug-likeness (QED) is 0.737. The van der Waals surface area contributed by atoms with Crippen LogP contribution in [0.25, 0.3) is 0 Å². The summed E-state index contributed by atoms with van der Waals surface area (Å²) in [5, 5.41) is 0. The van der Waals surface area contributed by atoms with Crippen molar-refractivity contribution >= 4 is 10.0 Å². The van der Waals surface area contributed by atoms with Gasteiger partial charge in [0.2, 0.25) is 10.0 Å². The molecule has 0 aromatic carbocycles. The Bertz CT molecular complexity index is 372. The molecular formula is C14H30N2O2S.